The summed E-state index contributed by atoms with van der Waals surface area (Å²) in [6.45, 7) is 35.7. The van der Waals surface area contributed by atoms with Gasteiger partial charge in [0.1, 0.15) is 43.8 Å². The van der Waals surface area contributed by atoms with Crippen molar-refractivity contribution in [3.05, 3.63) is 150 Å². The molecule has 392 valence electrons. The van der Waals surface area contributed by atoms with Crippen molar-refractivity contribution >= 4 is 34.4 Å². The smallest absolute Gasteiger partial charge is 0.223 e. The van der Waals surface area contributed by atoms with Gasteiger partial charge in [0.2, 0.25) is 23.6 Å². The molecule has 0 fully saturated rings. The molecule has 10 aromatic heterocycles. The predicted molar refractivity (Wildman–Crippen MR) is 280 cm³/mol. The van der Waals surface area contributed by atoms with Crippen LogP contribution in [0.4, 0.5) is 0 Å². The predicted octanol–water partition coefficient (Wildman–Crippen LogP) is 8.93. The highest BCUT2D eigenvalue weighted by Crippen LogP contribution is 2.04. The summed E-state index contributed by atoms with van der Waals surface area (Å²) in [6.07, 6.45) is 12.1. The van der Waals surface area contributed by atoms with Crippen LogP contribution >= 0.6 is 34.4 Å². The van der Waals surface area contributed by atoms with Crippen LogP contribution in [0.5, 0.6) is 0 Å². The molecule has 0 radical (unpaired) electrons. The summed E-state index contributed by atoms with van der Waals surface area (Å²) in [7, 11) is 1.91. The molecule has 10 heterocycles. The summed E-state index contributed by atoms with van der Waals surface area (Å²) in [6, 6.07) is 0. The van der Waals surface area contributed by atoms with E-state index in [0.29, 0.717) is 35.2 Å². The third-order valence-corrected chi connectivity index (χ3v) is 9.80. The Morgan fingerprint density at radius 2 is 0.836 bits per heavy atom. The van der Waals surface area contributed by atoms with E-state index in [9.17, 15) is 0 Å². The second kappa shape index (κ2) is 35.6. The fourth-order valence-corrected chi connectivity index (χ4v) is 5.80. The summed E-state index contributed by atoms with van der Waals surface area (Å²) < 4.78 is 23.8. The van der Waals surface area contributed by atoms with E-state index in [0.717, 1.165) is 71.7 Å². The molecule has 24 nitrogen and oxygen atoms in total. The van der Waals surface area contributed by atoms with Gasteiger partial charge in [-0.3, -0.25) is 29.9 Å². The quantitative estimate of drug-likeness (QED) is 0.137. The normalized spacial score (nSPS) is 9.37. The lowest BCUT2D eigenvalue weighted by molar-refractivity contribution is 0.389. The van der Waals surface area contributed by atoms with Crippen molar-refractivity contribution in [1.82, 2.24) is 104 Å². The topological polar surface area (TPSA) is 302 Å². The zero-order valence-electron chi connectivity index (χ0n) is 45.4. The van der Waals surface area contributed by atoms with Crippen LogP contribution in [0.2, 0.25) is 0 Å². The number of aromatic nitrogens is 21. The van der Waals surface area contributed by atoms with Crippen LogP contribution in [-0.2, 0) is 7.05 Å². The number of nitrogens with zero attached hydrogens (tertiary/aromatic N) is 21. The van der Waals surface area contributed by atoms with E-state index >= 15 is 0 Å². The van der Waals surface area contributed by atoms with Crippen molar-refractivity contribution in [2.24, 2.45) is 7.05 Å². The van der Waals surface area contributed by atoms with Crippen LogP contribution in [0.25, 0.3) is 0 Å². The number of aryl methyl sites for hydroxylation is 20. The Hall–Kier alpha value is -7.52. The standard InChI is InChI=1S/3C6H8N2.C4H7N3.3C4H6N2O.3C4H6N2S/c1-5-3-8-6(2)4-7-5;1-5-3-7-4-6(2)8-5;1-5-6(2)8-4-3-7-5;1-4-6-5-3-7(4)2;1-3-5-6-4(2)7-3;2*1-3-5-4(2)7-6-3;1-3-5-6-4(2)7-3;2*1-3-5-4(2)7-6-3/h3*3-4H,1-2H3;3H,1-2H3;6*1-2H3. The van der Waals surface area contributed by atoms with Gasteiger partial charge < -0.3 is 18.0 Å². The Balaban J connectivity index is 0.000000406. The molecule has 0 saturated carbocycles. The molecule has 73 heavy (non-hydrogen) atoms. The van der Waals surface area contributed by atoms with Gasteiger partial charge in [-0.1, -0.05) is 10.3 Å². The SMILES string of the molecule is Cc1cnc(C)cn1.Cc1cncc(C)n1.Cc1nccnc1C.Cc1nnc(C)o1.Cc1nnc(C)s1.Cc1nncn1C.Cc1noc(C)n1.Cc1noc(C)n1.Cc1nsc(C)n1.Cc1nsc(C)n1. The van der Waals surface area contributed by atoms with E-state index in [-0.39, 0.29) is 0 Å². The summed E-state index contributed by atoms with van der Waals surface area (Å²) in [5, 5.41) is 33.3. The van der Waals surface area contributed by atoms with Gasteiger partial charge in [0.15, 0.2) is 11.6 Å². The molecule has 0 amide bonds. The zero-order valence-corrected chi connectivity index (χ0v) is 47.8. The Morgan fingerprint density at radius 3 is 0.986 bits per heavy atom. The Labute approximate surface area is 439 Å². The minimum absolute atomic E-state index is 0.623. The molecule has 0 saturated heterocycles. The van der Waals surface area contributed by atoms with Crippen molar-refractivity contribution in [3.63, 3.8) is 0 Å². The Kier molecular flexibility index (Phi) is 30.9. The van der Waals surface area contributed by atoms with Crippen molar-refractivity contribution in [1.29, 1.82) is 0 Å². The molecule has 0 N–H and O–H groups in total. The van der Waals surface area contributed by atoms with E-state index in [4.69, 9.17) is 4.42 Å². The van der Waals surface area contributed by atoms with Gasteiger partial charge in [0, 0.05) is 71.9 Å². The van der Waals surface area contributed by atoms with Gasteiger partial charge in [-0.2, -0.15) is 18.7 Å². The first-order chi connectivity index (χ1) is 34.4. The third kappa shape index (κ3) is 32.9. The summed E-state index contributed by atoms with van der Waals surface area (Å²) >= 11 is 4.51. The zero-order chi connectivity index (χ0) is 54.9. The Bertz CT molecular complexity index is 2500. The van der Waals surface area contributed by atoms with Crippen LogP contribution in [0.1, 0.15) is 107 Å². The second-order valence-corrected chi connectivity index (χ2v) is 18.2. The lowest BCUT2D eigenvalue weighted by atomic mass is 10.4. The van der Waals surface area contributed by atoms with E-state index in [2.05, 4.69) is 109 Å². The first-order valence-corrected chi connectivity index (χ1v) is 24.4. The average molecular weight is 1060 g/mol. The molecule has 0 aliphatic carbocycles. The van der Waals surface area contributed by atoms with E-state index < -0.39 is 0 Å². The average Bonchev–Trinajstić information content (AvgIpc) is 4.24. The molecule has 0 aliphatic rings. The lowest BCUT2D eigenvalue weighted by Crippen LogP contribution is -1.87. The van der Waals surface area contributed by atoms with Gasteiger partial charge in [0.25, 0.3) is 0 Å². The maximum atomic E-state index is 4.86. The lowest BCUT2D eigenvalue weighted by Gasteiger charge is -1.91. The number of rotatable bonds is 0. The molecule has 0 aliphatic heterocycles. The molecule has 0 atom stereocenters. The molecule has 0 aromatic carbocycles. The van der Waals surface area contributed by atoms with Crippen molar-refractivity contribution in [2.75, 3.05) is 0 Å². The van der Waals surface area contributed by atoms with Crippen LogP contribution in [0.3, 0.4) is 0 Å². The summed E-state index contributed by atoms with van der Waals surface area (Å²) in [5.74, 6) is 6.57. The number of hydrogen-bond acceptors (Lipinski definition) is 26. The van der Waals surface area contributed by atoms with Crippen LogP contribution in [-0.4, -0.2) is 104 Å². The maximum absolute atomic E-state index is 4.86. The molecule has 0 spiro atoms. The van der Waals surface area contributed by atoms with Crippen LogP contribution in [0.15, 0.2) is 57.0 Å². The summed E-state index contributed by atoms with van der Waals surface area (Å²) in [4.78, 5) is 39.8. The third-order valence-electron chi connectivity index (χ3n) is 7.62. The molecule has 10 rings (SSSR count). The van der Waals surface area contributed by atoms with Gasteiger partial charge in [-0.15, -0.1) is 41.9 Å². The van der Waals surface area contributed by atoms with Gasteiger partial charge in [-0.25, -0.2) is 9.97 Å². The first-order valence-electron chi connectivity index (χ1n) is 22.1. The highest BCUT2D eigenvalue weighted by molar-refractivity contribution is 7.11. The minimum Gasteiger partial charge on any atom is -0.426 e. The molecule has 0 bridgehead atoms. The molecule has 27 heteroatoms. The molecular formula is C46H67N21O3S3. The molecule has 0 unspecified atom stereocenters. The van der Waals surface area contributed by atoms with Crippen LogP contribution < -0.4 is 0 Å². The van der Waals surface area contributed by atoms with Crippen molar-refractivity contribution in [3.8, 4) is 0 Å². The largest absolute Gasteiger partial charge is 0.426 e. The van der Waals surface area contributed by atoms with Crippen LogP contribution in [0, 0.1) is 132 Å². The van der Waals surface area contributed by atoms with Crippen molar-refractivity contribution in [2.45, 2.75) is 132 Å². The fraction of sp³-hybridized carbons (Fsp3) is 0.435. The Morgan fingerprint density at radius 1 is 0.411 bits per heavy atom. The number of hydrogen-bond donors (Lipinski definition) is 0. The van der Waals surface area contributed by atoms with Gasteiger partial charge in [-0.05, 0) is 127 Å². The maximum Gasteiger partial charge on any atom is 0.223 e. The van der Waals surface area contributed by atoms with E-state index in [1.807, 2.05) is 102 Å². The van der Waals surface area contributed by atoms with E-state index in [1.165, 1.54) is 23.1 Å². The first kappa shape index (κ1) is 63.5. The second-order valence-electron chi connectivity index (χ2n) is 14.9. The van der Waals surface area contributed by atoms with Gasteiger partial charge in [0.05, 0.1) is 34.2 Å². The fourth-order valence-electron chi connectivity index (χ4n) is 4.26. The summed E-state index contributed by atoms with van der Waals surface area (Å²) in [5.41, 5.74) is 5.90. The molecule has 10 aromatic rings. The molecular weight excluding hydrogens is 991 g/mol. The highest BCUT2D eigenvalue weighted by atomic mass is 32.1. The van der Waals surface area contributed by atoms with Gasteiger partial charge >= 0.3 is 0 Å². The van der Waals surface area contributed by atoms with Crippen molar-refractivity contribution < 1.29 is 13.5 Å². The highest BCUT2D eigenvalue weighted by Gasteiger charge is 1.94. The monoisotopic (exact) mass is 1060 g/mol. The van der Waals surface area contributed by atoms with E-state index in [1.54, 1.807) is 96.4 Å². The minimum atomic E-state index is 0.623.